The number of tetrazole rings is 1. The number of rotatable bonds is 7. The fraction of sp³-hybridized carbons (Fsp3) is 0.147. The maximum absolute atomic E-state index is 15.8. The van der Waals surface area contributed by atoms with Crippen molar-refractivity contribution in [1.82, 2.24) is 29.8 Å². The number of aliphatic imine (C=N–C) groups is 1. The number of benzene rings is 4. The van der Waals surface area contributed by atoms with Crippen LogP contribution in [-0.2, 0) is 15.7 Å². The van der Waals surface area contributed by atoms with Crippen molar-refractivity contribution in [3.63, 3.8) is 0 Å². The average molecular weight is 570 g/mol. The predicted molar refractivity (Wildman–Crippen MR) is 161 cm³/mol. The van der Waals surface area contributed by atoms with Crippen LogP contribution in [0.25, 0.3) is 17.1 Å². The van der Waals surface area contributed by atoms with E-state index in [1.807, 2.05) is 112 Å². The number of isocyanates is 1. The number of hydrogen-bond donors (Lipinski definition) is 0. The van der Waals surface area contributed by atoms with Crippen molar-refractivity contribution in [2.75, 3.05) is 0 Å². The van der Waals surface area contributed by atoms with Crippen molar-refractivity contribution >= 4 is 11.8 Å². The van der Waals surface area contributed by atoms with E-state index in [4.69, 9.17) is 5.10 Å². The maximum Gasteiger partial charge on any atom is 0.240 e. The summed E-state index contributed by atoms with van der Waals surface area (Å²) in [6, 6.07) is 32.5. The van der Waals surface area contributed by atoms with E-state index in [9.17, 15) is 4.79 Å². The van der Waals surface area contributed by atoms with E-state index >= 15 is 4.39 Å². The largest absolute Gasteiger partial charge is 0.302 e. The van der Waals surface area contributed by atoms with Crippen LogP contribution in [0.5, 0.6) is 0 Å². The molecule has 0 N–H and O–H groups in total. The van der Waals surface area contributed by atoms with Crippen LogP contribution in [0.15, 0.2) is 121 Å². The molecule has 0 atom stereocenters. The second-order valence-corrected chi connectivity index (χ2v) is 11.2. The molecule has 8 nitrogen and oxygen atoms in total. The smallest absolute Gasteiger partial charge is 0.240 e. The van der Waals surface area contributed by atoms with Crippen molar-refractivity contribution in [1.29, 1.82) is 0 Å². The van der Waals surface area contributed by atoms with E-state index < -0.39 is 11.4 Å². The molecular weight excluding hydrogens is 541 g/mol. The van der Waals surface area contributed by atoms with Gasteiger partial charge in [-0.05, 0) is 28.0 Å². The van der Waals surface area contributed by atoms with Crippen LogP contribution in [0, 0.1) is 5.82 Å². The Kier molecular flexibility index (Phi) is 7.09. The number of aromatic nitrogens is 6. The third-order valence-corrected chi connectivity index (χ3v) is 7.36. The molecule has 0 saturated carbocycles. The van der Waals surface area contributed by atoms with Crippen LogP contribution < -0.4 is 0 Å². The molecule has 6 aromatic rings. The zero-order valence-electron chi connectivity index (χ0n) is 23.9. The minimum atomic E-state index is -1.01. The van der Waals surface area contributed by atoms with Crippen molar-refractivity contribution in [2.24, 2.45) is 4.99 Å². The van der Waals surface area contributed by atoms with Gasteiger partial charge in [0, 0.05) is 17.7 Å². The third-order valence-electron chi connectivity index (χ3n) is 7.36. The molecule has 0 saturated heterocycles. The van der Waals surface area contributed by atoms with Crippen LogP contribution in [0.2, 0.25) is 0 Å². The Labute approximate surface area is 248 Å². The lowest BCUT2D eigenvalue weighted by Gasteiger charge is -2.34. The first kappa shape index (κ1) is 27.6. The van der Waals surface area contributed by atoms with Crippen molar-refractivity contribution in [3.05, 3.63) is 144 Å². The molecule has 0 radical (unpaired) electrons. The van der Waals surface area contributed by atoms with E-state index in [-0.39, 0.29) is 22.6 Å². The van der Waals surface area contributed by atoms with Gasteiger partial charge in [-0.25, -0.2) is 14.2 Å². The van der Waals surface area contributed by atoms with Gasteiger partial charge in [-0.2, -0.15) is 4.99 Å². The second kappa shape index (κ2) is 11.0. The quantitative estimate of drug-likeness (QED) is 0.120. The highest BCUT2D eigenvalue weighted by molar-refractivity contribution is 5.73. The highest BCUT2D eigenvalue weighted by Gasteiger charge is 2.41. The van der Waals surface area contributed by atoms with E-state index in [0.717, 1.165) is 22.4 Å². The minimum Gasteiger partial charge on any atom is -0.302 e. The van der Waals surface area contributed by atoms with Gasteiger partial charge in [0.25, 0.3) is 0 Å². The lowest BCUT2D eigenvalue weighted by atomic mass is 9.77. The number of carbonyl (C=O) groups excluding carboxylic acids is 1. The first-order valence-corrected chi connectivity index (χ1v) is 13.8. The summed E-state index contributed by atoms with van der Waals surface area (Å²) < 4.78 is 17.4. The first-order valence-electron chi connectivity index (χ1n) is 13.8. The minimum absolute atomic E-state index is 0.0826. The van der Waals surface area contributed by atoms with Crippen LogP contribution in [-0.4, -0.2) is 35.8 Å². The van der Waals surface area contributed by atoms with Gasteiger partial charge in [-0.3, -0.25) is 0 Å². The summed E-state index contributed by atoms with van der Waals surface area (Å²) in [5.74, 6) is -0.476. The van der Waals surface area contributed by atoms with Gasteiger partial charge in [-0.1, -0.05) is 112 Å². The lowest BCUT2D eigenvalue weighted by Crippen LogP contribution is -2.39. The Morgan fingerprint density at radius 1 is 0.814 bits per heavy atom. The average Bonchev–Trinajstić information content (AvgIpc) is 3.71. The molecule has 0 aliphatic rings. The zero-order valence-corrected chi connectivity index (χ0v) is 23.9. The van der Waals surface area contributed by atoms with Crippen molar-refractivity contribution in [3.8, 4) is 17.1 Å². The third kappa shape index (κ3) is 4.96. The van der Waals surface area contributed by atoms with Crippen LogP contribution in [0.4, 0.5) is 10.1 Å². The van der Waals surface area contributed by atoms with Crippen molar-refractivity contribution < 1.29 is 9.18 Å². The summed E-state index contributed by atoms with van der Waals surface area (Å²) in [5.41, 5.74) is 2.77. The Bertz CT molecular complexity index is 1820. The number of halogens is 1. The molecule has 0 spiro atoms. The summed E-state index contributed by atoms with van der Waals surface area (Å²) in [7, 11) is 0. The molecule has 2 aromatic heterocycles. The lowest BCUT2D eigenvalue weighted by molar-refractivity contribution is 0.396. The van der Waals surface area contributed by atoms with E-state index in [1.165, 1.54) is 12.1 Å². The van der Waals surface area contributed by atoms with Crippen LogP contribution >= 0.6 is 0 Å². The standard InChI is InChI=1S/C34H28FN7O/c1-33(2,3)30-21-41(22-36-30)31-28(19-27(37-23-43)20-29(31)35)32-38-40-42(39-32)34(24-13-7-4-8-14-24,25-15-9-5-10-16-25)26-17-11-6-12-18-26/h4-22H,1-3H3. The first-order chi connectivity index (χ1) is 20.8. The molecule has 43 heavy (non-hydrogen) atoms. The van der Waals surface area contributed by atoms with E-state index in [1.54, 1.807) is 28.0 Å². The molecule has 212 valence electrons. The summed E-state index contributed by atoms with van der Waals surface area (Å²) in [4.78, 5) is 20.9. The van der Waals surface area contributed by atoms with Gasteiger partial charge in [0.05, 0.1) is 29.0 Å². The zero-order chi connectivity index (χ0) is 30.0. The summed E-state index contributed by atoms with van der Waals surface area (Å²) in [6.45, 7) is 6.09. The Morgan fingerprint density at radius 2 is 1.37 bits per heavy atom. The molecule has 6 rings (SSSR count). The highest BCUT2D eigenvalue weighted by Crippen LogP contribution is 2.40. The van der Waals surface area contributed by atoms with Gasteiger partial charge < -0.3 is 4.57 Å². The fourth-order valence-electron chi connectivity index (χ4n) is 5.32. The fourth-order valence-corrected chi connectivity index (χ4v) is 5.32. The normalized spacial score (nSPS) is 11.7. The molecule has 0 aliphatic carbocycles. The number of imidazole rings is 1. The monoisotopic (exact) mass is 569 g/mol. The summed E-state index contributed by atoms with van der Waals surface area (Å²) >= 11 is 0. The molecule has 0 amide bonds. The summed E-state index contributed by atoms with van der Waals surface area (Å²) in [6.07, 6.45) is 4.82. The molecule has 9 heteroatoms. The molecule has 0 bridgehead atoms. The molecule has 0 aliphatic heterocycles. The molecular formula is C34H28FN7O. The summed E-state index contributed by atoms with van der Waals surface area (Å²) in [5, 5.41) is 14.0. The molecule has 4 aromatic carbocycles. The number of nitrogens with zero attached hydrogens (tertiary/aromatic N) is 7. The van der Waals surface area contributed by atoms with Gasteiger partial charge in [0.1, 0.15) is 5.82 Å². The van der Waals surface area contributed by atoms with Crippen LogP contribution in [0.1, 0.15) is 43.2 Å². The maximum atomic E-state index is 15.8. The molecule has 0 unspecified atom stereocenters. The SMILES string of the molecule is CC(C)(C)c1cn(-c2c(F)cc(N=C=O)cc2-c2nnn(C(c3ccccc3)(c3ccccc3)c3ccccc3)n2)cn1. The topological polar surface area (TPSA) is 90.8 Å². The van der Waals surface area contributed by atoms with Gasteiger partial charge in [-0.15, -0.1) is 15.0 Å². The predicted octanol–water partition coefficient (Wildman–Crippen LogP) is 6.77. The van der Waals surface area contributed by atoms with Gasteiger partial charge in [0.15, 0.2) is 5.54 Å². The second-order valence-electron chi connectivity index (χ2n) is 11.2. The van der Waals surface area contributed by atoms with Gasteiger partial charge >= 0.3 is 0 Å². The molecule has 2 heterocycles. The van der Waals surface area contributed by atoms with Gasteiger partial charge in [0.2, 0.25) is 11.9 Å². The Balaban J connectivity index is 1.63. The van der Waals surface area contributed by atoms with E-state index in [0.29, 0.717) is 5.56 Å². The molecule has 0 fully saturated rings. The van der Waals surface area contributed by atoms with Crippen LogP contribution in [0.3, 0.4) is 0 Å². The van der Waals surface area contributed by atoms with Crippen molar-refractivity contribution in [2.45, 2.75) is 31.7 Å². The Hall–Kier alpha value is -5.53. The van der Waals surface area contributed by atoms with E-state index in [2.05, 4.69) is 20.3 Å². The highest BCUT2D eigenvalue weighted by atomic mass is 19.1. The Morgan fingerprint density at radius 3 is 1.86 bits per heavy atom. The number of hydrogen-bond acceptors (Lipinski definition) is 6.